The third kappa shape index (κ3) is 3.15. The van der Waals surface area contributed by atoms with Crippen LogP contribution in [-0.2, 0) is 4.79 Å². The van der Waals surface area contributed by atoms with Gasteiger partial charge in [-0.2, -0.15) is 13.2 Å². The zero-order chi connectivity index (χ0) is 10.8. The highest BCUT2D eigenvalue weighted by Gasteiger charge is 2.41. The van der Waals surface area contributed by atoms with Gasteiger partial charge in [0.15, 0.2) is 0 Å². The monoisotopic (exact) mass is 211 g/mol. The standard InChI is InChI=1S/C7H12F3N3O/c8-7(9,10)5-3-13(2-1-12-5)4-6(11)14/h5,12H,1-4H2,(H2,11,14). The highest BCUT2D eigenvalue weighted by Crippen LogP contribution is 2.22. The zero-order valence-corrected chi connectivity index (χ0v) is 7.47. The molecule has 1 rings (SSSR count). The number of rotatable bonds is 2. The Balaban J connectivity index is 2.48. The van der Waals surface area contributed by atoms with Crippen LogP contribution in [0.3, 0.4) is 0 Å². The lowest BCUT2D eigenvalue weighted by Gasteiger charge is -2.33. The van der Waals surface area contributed by atoms with Crippen molar-refractivity contribution < 1.29 is 18.0 Å². The summed E-state index contributed by atoms with van der Waals surface area (Å²) in [5.74, 6) is -0.604. The van der Waals surface area contributed by atoms with Crippen molar-refractivity contribution in [2.24, 2.45) is 5.73 Å². The number of carbonyl (C=O) groups excluding carboxylic acids is 1. The third-order valence-corrected chi connectivity index (χ3v) is 2.03. The molecule has 0 aromatic heterocycles. The first kappa shape index (κ1) is 11.3. The van der Waals surface area contributed by atoms with E-state index in [1.807, 2.05) is 0 Å². The third-order valence-electron chi connectivity index (χ3n) is 2.03. The molecule has 1 fully saturated rings. The molecule has 1 amide bonds. The van der Waals surface area contributed by atoms with Crippen molar-refractivity contribution in [1.82, 2.24) is 10.2 Å². The second-order valence-electron chi connectivity index (χ2n) is 3.25. The summed E-state index contributed by atoms with van der Waals surface area (Å²) in [7, 11) is 0. The van der Waals surface area contributed by atoms with Gasteiger partial charge < -0.3 is 11.1 Å². The number of hydrogen-bond donors (Lipinski definition) is 2. The van der Waals surface area contributed by atoms with E-state index in [0.29, 0.717) is 6.54 Å². The Kier molecular flexibility index (Phi) is 3.33. The van der Waals surface area contributed by atoms with Gasteiger partial charge in [-0.25, -0.2) is 0 Å². The first-order valence-electron chi connectivity index (χ1n) is 4.20. The minimum absolute atomic E-state index is 0.117. The number of nitrogens with one attached hydrogen (secondary N) is 1. The van der Waals surface area contributed by atoms with E-state index in [4.69, 9.17) is 5.73 Å². The van der Waals surface area contributed by atoms with Gasteiger partial charge in [0.1, 0.15) is 6.04 Å². The van der Waals surface area contributed by atoms with Gasteiger partial charge in [0.05, 0.1) is 6.54 Å². The molecule has 82 valence electrons. The van der Waals surface area contributed by atoms with Crippen molar-refractivity contribution in [2.75, 3.05) is 26.2 Å². The fourth-order valence-corrected chi connectivity index (χ4v) is 1.39. The number of halogens is 3. The van der Waals surface area contributed by atoms with Crippen molar-refractivity contribution in [1.29, 1.82) is 0 Å². The summed E-state index contributed by atoms with van der Waals surface area (Å²) >= 11 is 0. The molecule has 7 heteroatoms. The van der Waals surface area contributed by atoms with Gasteiger partial charge in [-0.3, -0.25) is 9.69 Å². The SMILES string of the molecule is NC(=O)CN1CCNC(C(F)(F)F)C1. The first-order valence-corrected chi connectivity index (χ1v) is 4.20. The molecular weight excluding hydrogens is 199 g/mol. The van der Waals surface area contributed by atoms with E-state index in [2.05, 4.69) is 5.32 Å². The second kappa shape index (κ2) is 4.14. The number of carbonyl (C=O) groups is 1. The van der Waals surface area contributed by atoms with Gasteiger partial charge in [0, 0.05) is 19.6 Å². The van der Waals surface area contributed by atoms with Crippen LogP contribution in [0.4, 0.5) is 13.2 Å². The molecule has 1 unspecified atom stereocenters. The Hall–Kier alpha value is -0.820. The van der Waals surface area contributed by atoms with Crippen LogP contribution in [0.15, 0.2) is 0 Å². The molecule has 0 spiro atoms. The number of nitrogens with two attached hydrogens (primary N) is 1. The van der Waals surface area contributed by atoms with Gasteiger partial charge in [-0.1, -0.05) is 0 Å². The summed E-state index contributed by atoms with van der Waals surface area (Å²) in [5.41, 5.74) is 4.90. The van der Waals surface area contributed by atoms with Crippen molar-refractivity contribution in [3.63, 3.8) is 0 Å². The van der Waals surface area contributed by atoms with Crippen LogP contribution in [0.25, 0.3) is 0 Å². The van der Waals surface area contributed by atoms with Gasteiger partial charge >= 0.3 is 6.18 Å². The van der Waals surface area contributed by atoms with E-state index in [1.54, 1.807) is 0 Å². The summed E-state index contributed by atoms with van der Waals surface area (Å²) in [4.78, 5) is 11.9. The molecule has 14 heavy (non-hydrogen) atoms. The van der Waals surface area contributed by atoms with E-state index >= 15 is 0 Å². The van der Waals surface area contributed by atoms with Crippen LogP contribution < -0.4 is 11.1 Å². The number of alkyl halides is 3. The minimum atomic E-state index is -4.27. The van der Waals surface area contributed by atoms with E-state index in [9.17, 15) is 18.0 Å². The van der Waals surface area contributed by atoms with Crippen molar-refractivity contribution >= 4 is 5.91 Å². The Bertz CT molecular complexity index is 219. The molecule has 0 saturated carbocycles. The van der Waals surface area contributed by atoms with E-state index in [0.717, 1.165) is 0 Å². The Morgan fingerprint density at radius 3 is 2.71 bits per heavy atom. The predicted octanol–water partition coefficient (Wildman–Crippen LogP) is -0.692. The van der Waals surface area contributed by atoms with Crippen LogP contribution in [-0.4, -0.2) is 49.2 Å². The van der Waals surface area contributed by atoms with Gasteiger partial charge in [-0.05, 0) is 0 Å². The predicted molar refractivity (Wildman–Crippen MR) is 43.5 cm³/mol. The van der Waals surface area contributed by atoms with Crippen molar-refractivity contribution in [2.45, 2.75) is 12.2 Å². The average Bonchev–Trinajstić information content (AvgIpc) is 2.01. The average molecular weight is 211 g/mol. The Morgan fingerprint density at radius 2 is 2.21 bits per heavy atom. The molecule has 0 radical (unpaired) electrons. The summed E-state index contributed by atoms with van der Waals surface area (Å²) in [6.45, 7) is 0.299. The molecule has 1 atom stereocenters. The normalized spacial score (nSPS) is 24.9. The van der Waals surface area contributed by atoms with Crippen LogP contribution in [0, 0.1) is 0 Å². The van der Waals surface area contributed by atoms with Crippen molar-refractivity contribution in [3.8, 4) is 0 Å². The smallest absolute Gasteiger partial charge is 0.369 e. The maximum absolute atomic E-state index is 12.2. The van der Waals surface area contributed by atoms with Crippen LogP contribution in [0.1, 0.15) is 0 Å². The van der Waals surface area contributed by atoms with E-state index in [1.165, 1.54) is 4.90 Å². The number of amides is 1. The maximum atomic E-state index is 12.2. The van der Waals surface area contributed by atoms with Gasteiger partial charge in [0.2, 0.25) is 5.91 Å². The molecule has 1 aliphatic heterocycles. The lowest BCUT2D eigenvalue weighted by Crippen LogP contribution is -2.58. The van der Waals surface area contributed by atoms with E-state index < -0.39 is 18.1 Å². The molecule has 0 bridgehead atoms. The topological polar surface area (TPSA) is 58.4 Å². The zero-order valence-electron chi connectivity index (χ0n) is 7.47. The molecule has 1 heterocycles. The summed E-state index contributed by atoms with van der Waals surface area (Å²) in [6, 6.07) is -1.56. The molecule has 0 aromatic rings. The second-order valence-corrected chi connectivity index (χ2v) is 3.25. The summed E-state index contributed by atoms with van der Waals surface area (Å²) in [6.07, 6.45) is -4.27. The number of primary amides is 1. The Morgan fingerprint density at radius 1 is 1.57 bits per heavy atom. The largest absolute Gasteiger partial charge is 0.405 e. The lowest BCUT2D eigenvalue weighted by molar-refractivity contribution is -0.165. The summed E-state index contributed by atoms with van der Waals surface area (Å²) < 4.78 is 36.7. The molecule has 0 aliphatic carbocycles. The highest BCUT2D eigenvalue weighted by molar-refractivity contribution is 5.75. The molecule has 4 nitrogen and oxygen atoms in total. The summed E-state index contributed by atoms with van der Waals surface area (Å²) in [5, 5.41) is 2.34. The van der Waals surface area contributed by atoms with Gasteiger partial charge in [0.25, 0.3) is 0 Å². The maximum Gasteiger partial charge on any atom is 0.405 e. The molecule has 0 aromatic carbocycles. The quantitative estimate of drug-likeness (QED) is 0.635. The van der Waals surface area contributed by atoms with Crippen molar-refractivity contribution in [3.05, 3.63) is 0 Å². The van der Waals surface area contributed by atoms with Crippen LogP contribution in [0.5, 0.6) is 0 Å². The Labute approximate surface area is 79.2 Å². The lowest BCUT2D eigenvalue weighted by atomic mass is 10.2. The number of piperazine rings is 1. The van der Waals surface area contributed by atoms with Gasteiger partial charge in [-0.15, -0.1) is 0 Å². The number of hydrogen-bond acceptors (Lipinski definition) is 3. The first-order chi connectivity index (χ1) is 6.39. The highest BCUT2D eigenvalue weighted by atomic mass is 19.4. The van der Waals surface area contributed by atoms with Crippen LogP contribution in [0.2, 0.25) is 0 Å². The molecular formula is C7H12F3N3O. The molecule has 1 saturated heterocycles. The number of nitrogens with zero attached hydrogens (tertiary/aromatic N) is 1. The van der Waals surface area contributed by atoms with E-state index in [-0.39, 0.29) is 19.6 Å². The fourth-order valence-electron chi connectivity index (χ4n) is 1.39. The van der Waals surface area contributed by atoms with Crippen LogP contribution >= 0.6 is 0 Å². The minimum Gasteiger partial charge on any atom is -0.369 e. The molecule has 1 aliphatic rings. The fraction of sp³-hybridized carbons (Fsp3) is 0.857. The molecule has 3 N–H and O–H groups in total.